The van der Waals surface area contributed by atoms with Gasteiger partial charge in [0.1, 0.15) is 6.04 Å². The van der Waals surface area contributed by atoms with E-state index in [0.29, 0.717) is 18.0 Å². The van der Waals surface area contributed by atoms with Gasteiger partial charge in [0, 0.05) is 23.2 Å². The molecule has 5 nitrogen and oxygen atoms in total. The third-order valence-electron chi connectivity index (χ3n) is 5.74. The lowest BCUT2D eigenvalue weighted by atomic mass is 10.0. The number of alkyl halides is 1. The number of fused-ring (bicyclic) bond motifs is 1. The lowest BCUT2D eigenvalue weighted by molar-refractivity contribution is -0.127. The first-order chi connectivity index (χ1) is 15.8. The van der Waals surface area contributed by atoms with Crippen molar-refractivity contribution in [1.29, 1.82) is 0 Å². The van der Waals surface area contributed by atoms with Crippen molar-refractivity contribution >= 4 is 52.1 Å². The van der Waals surface area contributed by atoms with Gasteiger partial charge in [-0.15, -0.1) is 11.6 Å². The molecule has 2 aliphatic rings. The highest BCUT2D eigenvalue weighted by Crippen LogP contribution is 2.38. The minimum Gasteiger partial charge on any atom is -0.342 e. The molecule has 1 aliphatic heterocycles. The van der Waals surface area contributed by atoms with Gasteiger partial charge in [0.25, 0.3) is 5.91 Å². The van der Waals surface area contributed by atoms with Gasteiger partial charge in [-0.1, -0.05) is 48.0 Å². The topological polar surface area (TPSA) is 52.7 Å². The second-order valence-corrected chi connectivity index (χ2v) is 9.63. The molecule has 0 bridgehead atoms. The van der Waals surface area contributed by atoms with E-state index in [1.807, 2.05) is 74.5 Å². The molecule has 0 aromatic heterocycles. The fourth-order valence-corrected chi connectivity index (χ4v) is 5.07. The van der Waals surface area contributed by atoms with Gasteiger partial charge in [-0.25, -0.2) is 0 Å². The Labute approximate surface area is 204 Å². The van der Waals surface area contributed by atoms with Crippen molar-refractivity contribution < 1.29 is 9.59 Å². The van der Waals surface area contributed by atoms with Gasteiger partial charge in [-0.05, 0) is 49.8 Å². The van der Waals surface area contributed by atoms with Crippen LogP contribution in [-0.4, -0.2) is 35.8 Å². The second kappa shape index (κ2) is 10.0. The van der Waals surface area contributed by atoms with Crippen LogP contribution in [0.25, 0.3) is 0 Å². The SMILES string of the molecule is CC(C)N1C(=O)C(NC(=O)CC2=CC(Cl)CC(Cl)=C2)CN(c2ccccc2)c2ccccc21. The monoisotopic (exact) mass is 483 g/mol. The largest absolute Gasteiger partial charge is 0.342 e. The maximum atomic E-state index is 13.7. The molecule has 7 heteroatoms. The van der Waals surface area contributed by atoms with Crippen LogP contribution < -0.4 is 15.1 Å². The Morgan fingerprint density at radius 1 is 1.09 bits per heavy atom. The van der Waals surface area contributed by atoms with E-state index in [4.69, 9.17) is 23.2 Å². The normalized spacial score (nSPS) is 20.7. The third-order valence-corrected chi connectivity index (χ3v) is 6.29. The molecule has 33 heavy (non-hydrogen) atoms. The summed E-state index contributed by atoms with van der Waals surface area (Å²) in [5, 5.41) is 3.37. The second-order valence-electron chi connectivity index (χ2n) is 8.59. The summed E-state index contributed by atoms with van der Waals surface area (Å²) in [6.07, 6.45) is 4.29. The van der Waals surface area contributed by atoms with Crippen molar-refractivity contribution in [1.82, 2.24) is 5.32 Å². The van der Waals surface area contributed by atoms with E-state index < -0.39 is 6.04 Å². The lowest BCUT2D eigenvalue weighted by Gasteiger charge is -2.29. The molecule has 0 fully saturated rings. The molecule has 0 radical (unpaired) electrons. The molecule has 2 aromatic carbocycles. The summed E-state index contributed by atoms with van der Waals surface area (Å²) in [6, 6.07) is 17.0. The highest BCUT2D eigenvalue weighted by atomic mass is 35.5. The highest BCUT2D eigenvalue weighted by molar-refractivity contribution is 6.31. The standard InChI is InChI=1S/C26H27Cl2N3O2/c1-17(2)31-24-11-7-6-10-23(24)30(21-8-4-3-5-9-21)16-22(26(31)33)29-25(32)14-18-12-19(27)15-20(28)13-18/h3-13,17,19,22H,14-16H2,1-2H3,(H,29,32). The zero-order valence-electron chi connectivity index (χ0n) is 18.7. The average Bonchev–Trinajstić information content (AvgIpc) is 2.88. The van der Waals surface area contributed by atoms with Crippen LogP contribution in [0, 0.1) is 0 Å². The van der Waals surface area contributed by atoms with Crippen molar-refractivity contribution in [3.8, 4) is 0 Å². The van der Waals surface area contributed by atoms with Crippen LogP contribution in [0.1, 0.15) is 26.7 Å². The number of hydrogen-bond acceptors (Lipinski definition) is 3. The summed E-state index contributed by atoms with van der Waals surface area (Å²) in [7, 11) is 0. The zero-order valence-corrected chi connectivity index (χ0v) is 20.2. The number of rotatable bonds is 5. The van der Waals surface area contributed by atoms with Gasteiger partial charge in [0.2, 0.25) is 5.91 Å². The van der Waals surface area contributed by atoms with E-state index in [1.54, 1.807) is 11.0 Å². The predicted molar refractivity (Wildman–Crippen MR) is 135 cm³/mol. The smallest absolute Gasteiger partial charge is 0.251 e. The van der Waals surface area contributed by atoms with Gasteiger partial charge in [0.15, 0.2) is 0 Å². The molecule has 1 aliphatic carbocycles. The fraction of sp³-hybridized carbons (Fsp3) is 0.308. The predicted octanol–water partition coefficient (Wildman–Crippen LogP) is 5.51. The van der Waals surface area contributed by atoms with Crippen LogP contribution in [0.2, 0.25) is 0 Å². The van der Waals surface area contributed by atoms with Crippen LogP contribution in [-0.2, 0) is 9.59 Å². The maximum Gasteiger partial charge on any atom is 0.251 e. The molecule has 2 unspecified atom stereocenters. The average molecular weight is 484 g/mol. The summed E-state index contributed by atoms with van der Waals surface area (Å²) in [4.78, 5) is 30.5. The number of carbonyl (C=O) groups excluding carboxylic acids is 2. The van der Waals surface area contributed by atoms with Gasteiger partial charge in [-0.2, -0.15) is 0 Å². The van der Waals surface area contributed by atoms with Crippen LogP contribution in [0.5, 0.6) is 0 Å². The number of carbonyl (C=O) groups is 2. The number of nitrogens with zero attached hydrogens (tertiary/aromatic N) is 2. The Kier molecular flexibility index (Phi) is 7.11. The molecular weight excluding hydrogens is 457 g/mol. The molecule has 0 saturated heterocycles. The molecule has 1 N–H and O–H groups in total. The number of anilines is 3. The number of halogens is 2. The summed E-state index contributed by atoms with van der Waals surface area (Å²) in [6.45, 7) is 4.28. The van der Waals surface area contributed by atoms with Crippen molar-refractivity contribution in [2.24, 2.45) is 0 Å². The van der Waals surface area contributed by atoms with Crippen LogP contribution in [0.4, 0.5) is 17.1 Å². The van der Waals surface area contributed by atoms with E-state index in [2.05, 4.69) is 10.2 Å². The minimum atomic E-state index is -0.719. The molecule has 1 heterocycles. The Balaban J connectivity index is 1.66. The lowest BCUT2D eigenvalue weighted by Crippen LogP contribution is -2.53. The van der Waals surface area contributed by atoms with Gasteiger partial charge in [0.05, 0.1) is 29.7 Å². The summed E-state index contributed by atoms with van der Waals surface area (Å²) in [5.41, 5.74) is 3.47. The van der Waals surface area contributed by atoms with Crippen molar-refractivity contribution in [3.05, 3.63) is 77.4 Å². The van der Waals surface area contributed by atoms with Gasteiger partial charge >= 0.3 is 0 Å². The Bertz CT molecular complexity index is 1100. The number of nitrogens with one attached hydrogen (secondary N) is 1. The fourth-order valence-electron chi connectivity index (χ4n) is 4.36. The van der Waals surface area contributed by atoms with E-state index in [1.165, 1.54) is 0 Å². The highest BCUT2D eigenvalue weighted by Gasteiger charge is 2.36. The van der Waals surface area contributed by atoms with E-state index in [0.717, 1.165) is 22.6 Å². The van der Waals surface area contributed by atoms with Crippen LogP contribution >= 0.6 is 23.2 Å². The van der Waals surface area contributed by atoms with Crippen LogP contribution in [0.3, 0.4) is 0 Å². The summed E-state index contributed by atoms with van der Waals surface area (Å²) >= 11 is 12.4. The molecule has 2 amide bonds. The first-order valence-corrected chi connectivity index (χ1v) is 11.9. The van der Waals surface area contributed by atoms with E-state index >= 15 is 0 Å². The Hall–Kier alpha value is -2.76. The number of hydrogen-bond donors (Lipinski definition) is 1. The number of allylic oxidation sites excluding steroid dienone is 3. The maximum absolute atomic E-state index is 13.7. The first-order valence-electron chi connectivity index (χ1n) is 11.1. The Morgan fingerprint density at radius 2 is 1.76 bits per heavy atom. The quantitative estimate of drug-likeness (QED) is 0.569. The molecule has 0 spiro atoms. The van der Waals surface area contributed by atoms with Crippen molar-refractivity contribution in [3.63, 3.8) is 0 Å². The summed E-state index contributed by atoms with van der Waals surface area (Å²) in [5.74, 6) is -0.376. The van der Waals surface area contributed by atoms with E-state index in [-0.39, 0.29) is 29.7 Å². The van der Waals surface area contributed by atoms with Crippen LogP contribution in [0.15, 0.2) is 77.4 Å². The molecule has 4 rings (SSSR count). The molecule has 172 valence electrons. The number of amides is 2. The van der Waals surface area contributed by atoms with Gasteiger partial charge < -0.3 is 15.1 Å². The molecule has 2 atom stereocenters. The van der Waals surface area contributed by atoms with E-state index in [9.17, 15) is 9.59 Å². The van der Waals surface area contributed by atoms with Gasteiger partial charge in [-0.3, -0.25) is 9.59 Å². The number of para-hydroxylation sites is 3. The van der Waals surface area contributed by atoms with Crippen molar-refractivity contribution in [2.75, 3.05) is 16.3 Å². The Morgan fingerprint density at radius 3 is 2.42 bits per heavy atom. The minimum absolute atomic E-state index is 0.0754. The molecule has 0 saturated carbocycles. The number of benzene rings is 2. The zero-order chi connectivity index (χ0) is 23.5. The molecule has 2 aromatic rings. The first kappa shape index (κ1) is 23.4. The molecular formula is C26H27Cl2N3O2. The third kappa shape index (κ3) is 5.26. The summed E-state index contributed by atoms with van der Waals surface area (Å²) < 4.78 is 0. The van der Waals surface area contributed by atoms with Crippen molar-refractivity contribution in [2.45, 2.75) is 44.1 Å².